The Kier molecular flexibility index (Phi) is 5.78. The number of H-pyrrole nitrogens is 1. The lowest BCUT2D eigenvalue weighted by Gasteiger charge is -2.13. The molecule has 2 N–H and O–H groups in total. The minimum Gasteiger partial charge on any atom is -0.478 e. The fraction of sp³-hybridized carbons (Fsp3) is 0.0714. The van der Waals surface area contributed by atoms with E-state index in [1.54, 1.807) is 0 Å². The number of rotatable bonds is 5. The van der Waals surface area contributed by atoms with Gasteiger partial charge in [-0.25, -0.2) is 4.79 Å². The van der Waals surface area contributed by atoms with Crippen molar-refractivity contribution < 1.29 is 23.5 Å². The summed E-state index contributed by atoms with van der Waals surface area (Å²) in [5, 5.41) is 4.94. The molecule has 0 amide bonds. The molecule has 0 saturated carbocycles. The van der Waals surface area contributed by atoms with Gasteiger partial charge in [0.1, 0.15) is 5.69 Å². The summed E-state index contributed by atoms with van der Waals surface area (Å²) in [7, 11) is 0. The van der Waals surface area contributed by atoms with E-state index in [4.69, 9.17) is 39.9 Å². The number of aromatic amines is 1. The Morgan fingerprint density at radius 3 is 2.48 bits per heavy atom. The highest BCUT2D eigenvalue weighted by molar-refractivity contribution is 7.99. The monoisotopic (exact) mass is 427 g/mol. The molecule has 0 unspecified atom stereocenters. The van der Waals surface area contributed by atoms with Gasteiger partial charge < -0.3 is 10.1 Å². The number of aromatic carboxylic acids is 1. The largest absolute Gasteiger partial charge is 0.478 e. The first-order valence-corrected chi connectivity index (χ1v) is 8.20. The van der Waals surface area contributed by atoms with Crippen molar-refractivity contribution in [1.82, 2.24) is 4.98 Å². The lowest BCUT2D eigenvalue weighted by atomic mass is 10.2. The number of carbonyl (C=O) groups excluding carboxylic acids is 1. The summed E-state index contributed by atoms with van der Waals surface area (Å²) in [5.74, 6) is -1.34. The molecule has 0 radical (unpaired) electrons. The van der Waals surface area contributed by atoms with Gasteiger partial charge in [-0.05, 0) is 29.8 Å². The number of halogens is 5. The fourth-order valence-corrected chi connectivity index (χ4v) is 3.59. The average molecular weight is 429 g/mol. The molecule has 0 spiro atoms. The molecule has 2 rings (SSSR count). The van der Waals surface area contributed by atoms with Crippen LogP contribution in [0.15, 0.2) is 32.8 Å². The van der Waals surface area contributed by atoms with Gasteiger partial charge in [-0.15, -0.1) is 0 Å². The van der Waals surface area contributed by atoms with E-state index in [9.17, 15) is 23.2 Å². The molecule has 132 valence electrons. The molecule has 0 aliphatic heterocycles. The number of aldehydes is 1. The standard InChI is InChI=1S/C14H6Cl3F2NO4S/c15-7-2-1-5(13(23)24)10(16)11(7)25-8-3-9(14(17,18)19)20-12(22)6(8)4-21/h1-4H,(H,20,22)(H,23,24). The minimum atomic E-state index is -3.88. The normalized spacial score (nSPS) is 11.4. The van der Waals surface area contributed by atoms with E-state index in [0.29, 0.717) is 11.8 Å². The van der Waals surface area contributed by atoms with E-state index in [1.165, 1.54) is 6.07 Å². The molecule has 0 saturated heterocycles. The van der Waals surface area contributed by atoms with Gasteiger partial charge in [0.15, 0.2) is 6.29 Å². The van der Waals surface area contributed by atoms with Gasteiger partial charge in [0.05, 0.1) is 26.1 Å². The molecule has 0 aliphatic rings. The highest BCUT2D eigenvalue weighted by Gasteiger charge is 2.31. The summed E-state index contributed by atoms with van der Waals surface area (Å²) in [6, 6.07) is 3.20. The average Bonchev–Trinajstić information content (AvgIpc) is 2.49. The van der Waals surface area contributed by atoms with Crippen LogP contribution in [0, 0.1) is 0 Å². The quantitative estimate of drug-likeness (QED) is 0.535. The van der Waals surface area contributed by atoms with Crippen LogP contribution in [0.1, 0.15) is 26.4 Å². The zero-order valence-electron chi connectivity index (χ0n) is 11.8. The second-order valence-electron chi connectivity index (χ2n) is 4.55. The number of carboxylic acid groups (broad SMARTS) is 1. The maximum absolute atomic E-state index is 13.3. The number of pyridine rings is 1. The van der Waals surface area contributed by atoms with Crippen LogP contribution in [0.25, 0.3) is 0 Å². The van der Waals surface area contributed by atoms with E-state index in [2.05, 4.69) is 0 Å². The second kappa shape index (κ2) is 7.33. The van der Waals surface area contributed by atoms with E-state index in [0.717, 1.165) is 12.1 Å². The summed E-state index contributed by atoms with van der Waals surface area (Å²) < 4.78 is 26.6. The minimum absolute atomic E-state index is 0.0105. The molecule has 2 aromatic rings. The van der Waals surface area contributed by atoms with Crippen molar-refractivity contribution in [3.05, 3.63) is 55.4 Å². The molecule has 11 heteroatoms. The summed E-state index contributed by atoms with van der Waals surface area (Å²) in [6.45, 7) is 0. The first-order valence-electron chi connectivity index (χ1n) is 6.25. The van der Waals surface area contributed by atoms with Gasteiger partial charge in [0.2, 0.25) is 0 Å². The number of aromatic nitrogens is 1. The van der Waals surface area contributed by atoms with Crippen LogP contribution in [-0.4, -0.2) is 22.3 Å². The van der Waals surface area contributed by atoms with Crippen LogP contribution < -0.4 is 5.56 Å². The molecular weight excluding hydrogens is 423 g/mol. The van der Waals surface area contributed by atoms with Gasteiger partial charge >= 0.3 is 11.4 Å². The Bertz CT molecular complexity index is 928. The number of carbonyl (C=O) groups is 2. The van der Waals surface area contributed by atoms with Gasteiger partial charge in [0.25, 0.3) is 5.56 Å². The highest BCUT2D eigenvalue weighted by Crippen LogP contribution is 2.42. The maximum atomic E-state index is 13.3. The molecule has 1 aromatic carbocycles. The number of nitrogens with one attached hydrogen (secondary N) is 1. The Balaban J connectivity index is 2.67. The van der Waals surface area contributed by atoms with E-state index in [1.807, 2.05) is 4.98 Å². The highest BCUT2D eigenvalue weighted by atomic mass is 35.5. The Morgan fingerprint density at radius 1 is 1.32 bits per heavy atom. The van der Waals surface area contributed by atoms with Crippen LogP contribution in [-0.2, 0) is 5.38 Å². The Hall–Kier alpha value is -1.61. The molecule has 0 aliphatic carbocycles. The smallest absolute Gasteiger partial charge is 0.362 e. The van der Waals surface area contributed by atoms with E-state index >= 15 is 0 Å². The Morgan fingerprint density at radius 2 is 1.96 bits per heavy atom. The topological polar surface area (TPSA) is 87.2 Å². The number of alkyl halides is 3. The van der Waals surface area contributed by atoms with Crippen molar-refractivity contribution in [2.75, 3.05) is 0 Å². The van der Waals surface area contributed by atoms with Crippen molar-refractivity contribution in [2.24, 2.45) is 0 Å². The molecule has 0 atom stereocenters. The van der Waals surface area contributed by atoms with E-state index < -0.39 is 28.2 Å². The molecule has 1 aromatic heterocycles. The lowest BCUT2D eigenvalue weighted by Crippen LogP contribution is -2.20. The van der Waals surface area contributed by atoms with Crippen molar-refractivity contribution in [3.63, 3.8) is 0 Å². The van der Waals surface area contributed by atoms with Crippen LogP contribution in [0.5, 0.6) is 0 Å². The lowest BCUT2D eigenvalue weighted by molar-refractivity contribution is 0.0696. The van der Waals surface area contributed by atoms with Crippen molar-refractivity contribution in [3.8, 4) is 0 Å². The SMILES string of the molecule is O=Cc1c(Sc2c(Cl)ccc(C(=O)O)c2Cl)cc(C(F)(F)Cl)[nH]c1=O. The zero-order chi connectivity index (χ0) is 18.9. The molecule has 0 fully saturated rings. The summed E-state index contributed by atoms with van der Waals surface area (Å²) in [4.78, 5) is 35.7. The molecule has 5 nitrogen and oxygen atoms in total. The first-order chi connectivity index (χ1) is 11.6. The third kappa shape index (κ3) is 4.14. The van der Waals surface area contributed by atoms with E-state index in [-0.39, 0.29) is 31.7 Å². The second-order valence-corrected chi connectivity index (χ2v) is 6.86. The van der Waals surface area contributed by atoms with Crippen molar-refractivity contribution >= 4 is 58.8 Å². The van der Waals surface area contributed by atoms with Crippen LogP contribution in [0.2, 0.25) is 10.0 Å². The summed E-state index contributed by atoms with van der Waals surface area (Å²) >= 11 is 17.5. The summed E-state index contributed by atoms with van der Waals surface area (Å²) in [5.41, 5.74) is -2.76. The summed E-state index contributed by atoms with van der Waals surface area (Å²) in [6.07, 6.45) is 0.167. The Labute approximate surface area is 157 Å². The first kappa shape index (κ1) is 19.7. The predicted molar refractivity (Wildman–Crippen MR) is 89.7 cm³/mol. The zero-order valence-corrected chi connectivity index (χ0v) is 14.9. The van der Waals surface area contributed by atoms with Crippen LogP contribution in [0.3, 0.4) is 0 Å². The van der Waals surface area contributed by atoms with Crippen molar-refractivity contribution in [1.29, 1.82) is 0 Å². The predicted octanol–water partition coefficient (Wildman–Crippen LogP) is 4.63. The van der Waals surface area contributed by atoms with Gasteiger partial charge in [-0.3, -0.25) is 9.59 Å². The molecule has 0 bridgehead atoms. The third-order valence-electron chi connectivity index (χ3n) is 2.95. The molecular formula is C14H6Cl3F2NO4S. The van der Waals surface area contributed by atoms with Gasteiger partial charge in [-0.1, -0.05) is 35.0 Å². The van der Waals surface area contributed by atoms with Crippen LogP contribution >= 0.6 is 46.6 Å². The van der Waals surface area contributed by atoms with Gasteiger partial charge in [-0.2, -0.15) is 8.78 Å². The van der Waals surface area contributed by atoms with Gasteiger partial charge in [0, 0.05) is 4.90 Å². The maximum Gasteiger partial charge on any atom is 0.362 e. The number of benzene rings is 1. The third-order valence-corrected chi connectivity index (χ3v) is 5.27. The van der Waals surface area contributed by atoms with Crippen molar-refractivity contribution in [2.45, 2.75) is 15.2 Å². The van der Waals surface area contributed by atoms with Crippen LogP contribution in [0.4, 0.5) is 8.78 Å². The molecule has 25 heavy (non-hydrogen) atoms. The fourth-order valence-electron chi connectivity index (χ4n) is 1.80. The number of carboxylic acids is 1. The molecule has 1 heterocycles. The number of hydrogen-bond donors (Lipinski definition) is 2. The number of hydrogen-bond acceptors (Lipinski definition) is 4.